The van der Waals surface area contributed by atoms with Crippen molar-refractivity contribution >= 4 is 28.0 Å². The molecule has 0 radical (unpaired) electrons. The Morgan fingerprint density at radius 2 is 1.86 bits per heavy atom. The van der Waals surface area contributed by atoms with Crippen molar-refractivity contribution in [2.75, 3.05) is 10.6 Å². The quantitative estimate of drug-likeness (QED) is 0.552. The third-order valence-corrected chi connectivity index (χ3v) is 6.88. The van der Waals surface area contributed by atoms with E-state index in [1.165, 1.54) is 32.1 Å². The van der Waals surface area contributed by atoms with Gasteiger partial charge in [0, 0.05) is 23.1 Å². The Bertz CT molecular complexity index is 1080. The molecule has 3 N–H and O–H groups in total. The molecule has 5 rings (SSSR count). The smallest absolute Gasteiger partial charge is 0.253 e. The van der Waals surface area contributed by atoms with Crippen molar-refractivity contribution in [1.82, 2.24) is 4.98 Å². The Balaban J connectivity index is 1.36. The van der Waals surface area contributed by atoms with E-state index in [2.05, 4.69) is 22.5 Å². The van der Waals surface area contributed by atoms with Crippen LogP contribution < -0.4 is 21.5 Å². The lowest BCUT2D eigenvalue weighted by Gasteiger charge is -2.29. The lowest BCUT2D eigenvalue weighted by molar-refractivity contribution is 0.245. The highest BCUT2D eigenvalue weighted by molar-refractivity contribution is 5.95. The molecular weight excluding hydrogens is 350 g/mol. The summed E-state index contributed by atoms with van der Waals surface area (Å²) in [6.45, 7) is 2.26. The van der Waals surface area contributed by atoms with Gasteiger partial charge in [-0.2, -0.15) is 0 Å². The monoisotopic (exact) mass is 377 g/mol. The molecule has 0 spiro atoms. The number of hydrogen-bond acceptors (Lipinski definition) is 4. The number of nitrogens with one attached hydrogen (secondary N) is 3. The Morgan fingerprint density at radius 3 is 2.71 bits per heavy atom. The first-order valence-electron chi connectivity index (χ1n) is 10.6. The third-order valence-electron chi connectivity index (χ3n) is 6.88. The highest BCUT2D eigenvalue weighted by Crippen LogP contribution is 2.47. The van der Waals surface area contributed by atoms with E-state index in [1.807, 2.05) is 30.5 Å². The van der Waals surface area contributed by atoms with Gasteiger partial charge in [-0.3, -0.25) is 9.59 Å². The summed E-state index contributed by atoms with van der Waals surface area (Å²) in [5, 5.41) is 7.70. The number of H-pyrrole nitrogens is 1. The number of hydrogen-bond donors (Lipinski definition) is 3. The molecule has 2 aliphatic rings. The summed E-state index contributed by atoms with van der Waals surface area (Å²) in [5.41, 5.74) is 1.94. The van der Waals surface area contributed by atoms with E-state index < -0.39 is 5.43 Å². The van der Waals surface area contributed by atoms with Crippen molar-refractivity contribution in [1.29, 1.82) is 0 Å². The molecule has 3 aromatic rings. The second kappa shape index (κ2) is 6.80. The second-order valence-corrected chi connectivity index (χ2v) is 8.76. The molecule has 1 aromatic heterocycles. The van der Waals surface area contributed by atoms with Gasteiger partial charge in [0.1, 0.15) is 11.4 Å². The zero-order chi connectivity index (χ0) is 19.3. The molecule has 2 bridgehead atoms. The van der Waals surface area contributed by atoms with Crippen LogP contribution in [0.1, 0.15) is 45.4 Å². The van der Waals surface area contributed by atoms with Gasteiger partial charge in [0.25, 0.3) is 10.9 Å². The summed E-state index contributed by atoms with van der Waals surface area (Å²) in [4.78, 5) is 27.7. The standard InChI is InChI=1S/C23H27N3O2/c1-2-5-13-8-14-10-15(9-13)18(11-14)25-20-21(23(28)22(20)27)26-19-12-24-17-7-4-3-6-16(17)19/h3-4,6-7,12-15,18,24-26H,2,5,8-11H2,1H3. The van der Waals surface area contributed by atoms with Crippen LogP contribution in [0, 0.1) is 17.8 Å². The number of rotatable bonds is 6. The predicted octanol–water partition coefficient (Wildman–Crippen LogP) is 4.52. The first-order chi connectivity index (χ1) is 13.6. The van der Waals surface area contributed by atoms with Gasteiger partial charge in [-0.25, -0.2) is 0 Å². The minimum atomic E-state index is -0.419. The Morgan fingerprint density at radius 1 is 1.04 bits per heavy atom. The van der Waals surface area contributed by atoms with Gasteiger partial charge in [0.05, 0.1) is 5.69 Å². The summed E-state index contributed by atoms with van der Waals surface area (Å²) >= 11 is 0. The van der Waals surface area contributed by atoms with Crippen molar-refractivity contribution in [3.63, 3.8) is 0 Å². The first-order valence-corrected chi connectivity index (χ1v) is 10.6. The average molecular weight is 377 g/mol. The van der Waals surface area contributed by atoms with E-state index >= 15 is 0 Å². The normalized spacial score (nSPS) is 26.8. The van der Waals surface area contributed by atoms with Crippen LogP contribution in [0.3, 0.4) is 0 Å². The molecule has 146 valence electrons. The van der Waals surface area contributed by atoms with Gasteiger partial charge in [-0.1, -0.05) is 38.0 Å². The van der Waals surface area contributed by atoms with Crippen molar-refractivity contribution in [3.05, 3.63) is 50.9 Å². The maximum Gasteiger partial charge on any atom is 0.253 e. The highest BCUT2D eigenvalue weighted by atomic mass is 16.2. The van der Waals surface area contributed by atoms with Gasteiger partial charge in [0.15, 0.2) is 0 Å². The predicted molar refractivity (Wildman–Crippen MR) is 114 cm³/mol. The van der Waals surface area contributed by atoms with Crippen LogP contribution in [0.15, 0.2) is 40.1 Å². The van der Waals surface area contributed by atoms with Gasteiger partial charge >= 0.3 is 0 Å². The van der Waals surface area contributed by atoms with Gasteiger partial charge in [-0.05, 0) is 49.5 Å². The summed E-state index contributed by atoms with van der Waals surface area (Å²) < 4.78 is 0. The Hall–Kier alpha value is -2.56. The topological polar surface area (TPSA) is 74.0 Å². The number of aromatic nitrogens is 1. The van der Waals surface area contributed by atoms with Crippen molar-refractivity contribution < 1.29 is 0 Å². The largest absolute Gasteiger partial charge is 0.377 e. The summed E-state index contributed by atoms with van der Waals surface area (Å²) in [6.07, 6.45) is 9.38. The third kappa shape index (κ3) is 2.84. The van der Waals surface area contributed by atoms with Crippen molar-refractivity contribution in [2.24, 2.45) is 17.8 Å². The molecule has 1 heterocycles. The first kappa shape index (κ1) is 17.5. The maximum atomic E-state index is 12.3. The molecule has 4 atom stereocenters. The lowest BCUT2D eigenvalue weighted by Crippen LogP contribution is -2.40. The number of benzene rings is 1. The fourth-order valence-corrected chi connectivity index (χ4v) is 5.65. The zero-order valence-electron chi connectivity index (χ0n) is 16.3. The number of para-hydroxylation sites is 1. The van der Waals surface area contributed by atoms with Crippen LogP contribution in [0.4, 0.5) is 17.1 Å². The van der Waals surface area contributed by atoms with E-state index in [0.29, 0.717) is 23.3 Å². The number of fused-ring (bicyclic) bond motifs is 3. The van der Waals surface area contributed by atoms with Gasteiger partial charge in [0.2, 0.25) is 0 Å². The molecular formula is C23H27N3O2. The van der Waals surface area contributed by atoms with Crippen LogP contribution in [0.5, 0.6) is 0 Å². The van der Waals surface area contributed by atoms with Crippen LogP contribution in [0.25, 0.3) is 10.9 Å². The zero-order valence-corrected chi connectivity index (χ0v) is 16.3. The van der Waals surface area contributed by atoms with Gasteiger partial charge < -0.3 is 15.6 Å². The SMILES string of the molecule is CCCC1CC2CC(C1)C(Nc1c(Nc3c[nH]c4ccccc34)c(=O)c1=O)C2. The highest BCUT2D eigenvalue weighted by Gasteiger charge is 2.41. The number of anilines is 3. The van der Waals surface area contributed by atoms with E-state index in [-0.39, 0.29) is 5.43 Å². The summed E-state index contributed by atoms with van der Waals surface area (Å²) in [6, 6.07) is 8.25. The fourth-order valence-electron chi connectivity index (χ4n) is 5.65. The van der Waals surface area contributed by atoms with E-state index in [0.717, 1.165) is 34.8 Å². The maximum absolute atomic E-state index is 12.3. The van der Waals surface area contributed by atoms with E-state index in [4.69, 9.17) is 0 Å². The molecule has 0 saturated heterocycles. The molecule has 2 aromatic carbocycles. The molecule has 2 saturated carbocycles. The summed E-state index contributed by atoms with van der Waals surface area (Å²) in [7, 11) is 0. The minimum Gasteiger partial charge on any atom is -0.377 e. The lowest BCUT2D eigenvalue weighted by atomic mass is 9.78. The van der Waals surface area contributed by atoms with Crippen LogP contribution >= 0.6 is 0 Å². The van der Waals surface area contributed by atoms with E-state index in [1.54, 1.807) is 0 Å². The van der Waals surface area contributed by atoms with Crippen LogP contribution in [-0.2, 0) is 0 Å². The molecule has 28 heavy (non-hydrogen) atoms. The average Bonchev–Trinajstić information content (AvgIpc) is 3.24. The molecule has 5 heteroatoms. The minimum absolute atomic E-state index is 0.318. The van der Waals surface area contributed by atoms with Crippen LogP contribution in [0.2, 0.25) is 0 Å². The molecule has 2 fully saturated rings. The van der Waals surface area contributed by atoms with E-state index in [9.17, 15) is 9.59 Å². The molecule has 0 aliphatic heterocycles. The van der Waals surface area contributed by atoms with Crippen molar-refractivity contribution in [3.8, 4) is 0 Å². The Kier molecular flexibility index (Phi) is 4.26. The molecule has 0 amide bonds. The fraction of sp³-hybridized carbons (Fsp3) is 0.478. The number of aromatic amines is 1. The molecule has 4 unspecified atom stereocenters. The van der Waals surface area contributed by atoms with Gasteiger partial charge in [-0.15, -0.1) is 0 Å². The second-order valence-electron chi connectivity index (χ2n) is 8.76. The molecule has 5 nitrogen and oxygen atoms in total. The molecule has 2 aliphatic carbocycles. The summed E-state index contributed by atoms with van der Waals surface area (Å²) in [5.74, 6) is 2.22. The Labute approximate surface area is 164 Å². The van der Waals surface area contributed by atoms with Crippen molar-refractivity contribution in [2.45, 2.75) is 51.5 Å². The van der Waals surface area contributed by atoms with Crippen LogP contribution in [-0.4, -0.2) is 11.0 Å².